The molecule has 19 heavy (non-hydrogen) atoms. The molecule has 0 spiro atoms. The van der Waals surface area contributed by atoms with Gasteiger partial charge >= 0.3 is 0 Å². The van der Waals surface area contributed by atoms with E-state index in [0.29, 0.717) is 12.4 Å². The van der Waals surface area contributed by atoms with Crippen LogP contribution in [-0.4, -0.2) is 21.5 Å². The molecule has 5 heteroatoms. The van der Waals surface area contributed by atoms with Gasteiger partial charge in [0, 0.05) is 18.9 Å². The molecule has 0 saturated heterocycles. The Labute approximate surface area is 113 Å². The van der Waals surface area contributed by atoms with E-state index < -0.39 is 0 Å². The summed E-state index contributed by atoms with van der Waals surface area (Å²) in [7, 11) is 0. The molecule has 2 aromatic heterocycles. The zero-order valence-corrected chi connectivity index (χ0v) is 11.0. The molecule has 0 saturated carbocycles. The second-order valence-corrected chi connectivity index (χ2v) is 4.12. The van der Waals surface area contributed by atoms with Gasteiger partial charge in [0.2, 0.25) is 0 Å². The molecule has 2 heterocycles. The van der Waals surface area contributed by atoms with Crippen molar-refractivity contribution >= 4 is 0 Å². The molecule has 0 aromatic carbocycles. The Morgan fingerprint density at radius 1 is 1.16 bits per heavy atom. The molecule has 2 aromatic rings. The van der Waals surface area contributed by atoms with E-state index in [0.717, 1.165) is 31.0 Å². The molecule has 2 rings (SSSR count). The molecule has 0 aliphatic heterocycles. The number of rotatable bonds is 7. The number of nitrogens with one attached hydrogen (secondary N) is 1. The van der Waals surface area contributed by atoms with Gasteiger partial charge in [-0.1, -0.05) is 6.92 Å². The number of ether oxygens (including phenoxy) is 1. The monoisotopic (exact) mass is 258 g/mol. The van der Waals surface area contributed by atoms with Crippen LogP contribution in [0.2, 0.25) is 0 Å². The first-order valence-corrected chi connectivity index (χ1v) is 6.43. The number of aromatic nitrogens is 3. The lowest BCUT2D eigenvalue weighted by Gasteiger charge is -2.06. The number of hydrogen-bond acceptors (Lipinski definition) is 5. The predicted molar refractivity (Wildman–Crippen MR) is 72.6 cm³/mol. The fourth-order valence-corrected chi connectivity index (χ4v) is 1.55. The number of pyridine rings is 1. The summed E-state index contributed by atoms with van der Waals surface area (Å²) >= 11 is 0. The van der Waals surface area contributed by atoms with E-state index >= 15 is 0 Å². The molecule has 1 N–H and O–H groups in total. The van der Waals surface area contributed by atoms with Crippen LogP contribution in [-0.2, 0) is 13.2 Å². The van der Waals surface area contributed by atoms with E-state index in [9.17, 15) is 0 Å². The molecule has 0 bridgehead atoms. The lowest BCUT2D eigenvalue weighted by atomic mass is 10.3. The fourth-order valence-electron chi connectivity index (χ4n) is 1.55. The Balaban J connectivity index is 1.81. The summed E-state index contributed by atoms with van der Waals surface area (Å²) in [5.41, 5.74) is 1.01. The summed E-state index contributed by atoms with van der Waals surface area (Å²) in [6.45, 7) is 4.29. The van der Waals surface area contributed by atoms with Crippen molar-refractivity contribution in [3.05, 3.63) is 48.3 Å². The Morgan fingerprint density at radius 3 is 2.68 bits per heavy atom. The lowest BCUT2D eigenvalue weighted by Crippen LogP contribution is -2.14. The smallest absolute Gasteiger partial charge is 0.166 e. The van der Waals surface area contributed by atoms with E-state index in [1.807, 2.05) is 12.1 Å². The first-order valence-electron chi connectivity index (χ1n) is 6.43. The van der Waals surface area contributed by atoms with Gasteiger partial charge in [-0.3, -0.25) is 4.98 Å². The highest BCUT2D eigenvalue weighted by molar-refractivity contribution is 5.19. The van der Waals surface area contributed by atoms with Crippen molar-refractivity contribution in [2.75, 3.05) is 6.54 Å². The summed E-state index contributed by atoms with van der Waals surface area (Å²) in [6.07, 6.45) is 6.25. The summed E-state index contributed by atoms with van der Waals surface area (Å²) in [4.78, 5) is 12.5. The van der Waals surface area contributed by atoms with Gasteiger partial charge in [0.15, 0.2) is 5.82 Å². The zero-order chi connectivity index (χ0) is 13.3. The van der Waals surface area contributed by atoms with Crippen molar-refractivity contribution in [2.24, 2.45) is 0 Å². The molecule has 0 atom stereocenters. The highest BCUT2D eigenvalue weighted by atomic mass is 16.5. The third-order valence-corrected chi connectivity index (χ3v) is 2.52. The van der Waals surface area contributed by atoms with E-state index in [1.165, 1.54) is 0 Å². The van der Waals surface area contributed by atoms with Crippen molar-refractivity contribution in [1.82, 2.24) is 20.3 Å². The normalized spacial score (nSPS) is 10.4. The molecule has 0 radical (unpaired) electrons. The summed E-state index contributed by atoms with van der Waals surface area (Å²) in [6, 6.07) is 5.66. The lowest BCUT2D eigenvalue weighted by molar-refractivity contribution is 0.294. The standard InChI is InChI=1S/C14H18N4O/c1-2-6-15-9-12-4-5-13(10-18-12)19-11-14-16-7-3-8-17-14/h3-5,7-8,10,15H,2,6,9,11H2,1H3. The van der Waals surface area contributed by atoms with E-state index in [-0.39, 0.29) is 0 Å². The largest absolute Gasteiger partial charge is 0.484 e. The van der Waals surface area contributed by atoms with Crippen LogP contribution in [0.3, 0.4) is 0 Å². The van der Waals surface area contributed by atoms with Gasteiger partial charge in [-0.15, -0.1) is 0 Å². The van der Waals surface area contributed by atoms with E-state index in [4.69, 9.17) is 4.74 Å². The summed E-state index contributed by atoms with van der Waals surface area (Å²) < 4.78 is 5.56. The van der Waals surface area contributed by atoms with Gasteiger partial charge in [-0.05, 0) is 31.2 Å². The van der Waals surface area contributed by atoms with Crippen LogP contribution in [0.5, 0.6) is 5.75 Å². The second-order valence-electron chi connectivity index (χ2n) is 4.12. The van der Waals surface area contributed by atoms with Crippen molar-refractivity contribution in [3.8, 4) is 5.75 Å². The van der Waals surface area contributed by atoms with Crippen LogP contribution >= 0.6 is 0 Å². The fraction of sp³-hybridized carbons (Fsp3) is 0.357. The minimum atomic E-state index is 0.357. The second kappa shape index (κ2) is 7.43. The Morgan fingerprint density at radius 2 is 2.00 bits per heavy atom. The van der Waals surface area contributed by atoms with E-state index in [2.05, 4.69) is 27.2 Å². The van der Waals surface area contributed by atoms with Crippen molar-refractivity contribution < 1.29 is 4.74 Å². The van der Waals surface area contributed by atoms with Crippen LogP contribution in [0.1, 0.15) is 24.9 Å². The Hall–Kier alpha value is -2.01. The number of hydrogen-bond donors (Lipinski definition) is 1. The summed E-state index contributed by atoms with van der Waals surface area (Å²) in [5.74, 6) is 1.39. The molecule has 0 aliphatic carbocycles. The third kappa shape index (κ3) is 4.63. The minimum absolute atomic E-state index is 0.357. The van der Waals surface area contributed by atoms with Crippen LogP contribution in [0.15, 0.2) is 36.8 Å². The molecule has 0 unspecified atom stereocenters. The topological polar surface area (TPSA) is 59.9 Å². The zero-order valence-electron chi connectivity index (χ0n) is 11.0. The maximum Gasteiger partial charge on any atom is 0.166 e. The van der Waals surface area contributed by atoms with Crippen LogP contribution in [0, 0.1) is 0 Å². The SMILES string of the molecule is CCCNCc1ccc(OCc2ncccn2)cn1. The van der Waals surface area contributed by atoms with Crippen LogP contribution in [0.25, 0.3) is 0 Å². The maximum atomic E-state index is 5.56. The quantitative estimate of drug-likeness (QED) is 0.769. The molecular formula is C14H18N4O. The average Bonchev–Trinajstić information content (AvgIpc) is 2.48. The van der Waals surface area contributed by atoms with Gasteiger partial charge in [0.1, 0.15) is 12.4 Å². The third-order valence-electron chi connectivity index (χ3n) is 2.52. The Bertz CT molecular complexity index is 473. The van der Waals surface area contributed by atoms with Crippen molar-refractivity contribution in [3.63, 3.8) is 0 Å². The first kappa shape index (κ1) is 13.4. The van der Waals surface area contributed by atoms with Crippen molar-refractivity contribution in [1.29, 1.82) is 0 Å². The molecule has 0 amide bonds. The molecule has 0 fully saturated rings. The maximum absolute atomic E-state index is 5.56. The molecule has 0 aliphatic rings. The highest BCUT2D eigenvalue weighted by Gasteiger charge is 1.99. The van der Waals surface area contributed by atoms with Crippen LogP contribution in [0.4, 0.5) is 0 Å². The van der Waals surface area contributed by atoms with Gasteiger partial charge in [0.05, 0.1) is 11.9 Å². The number of nitrogens with zero attached hydrogens (tertiary/aromatic N) is 3. The van der Waals surface area contributed by atoms with Gasteiger partial charge in [-0.25, -0.2) is 9.97 Å². The van der Waals surface area contributed by atoms with Gasteiger partial charge < -0.3 is 10.1 Å². The highest BCUT2D eigenvalue weighted by Crippen LogP contribution is 2.10. The van der Waals surface area contributed by atoms with Gasteiger partial charge in [-0.2, -0.15) is 0 Å². The van der Waals surface area contributed by atoms with Crippen molar-refractivity contribution in [2.45, 2.75) is 26.5 Å². The Kier molecular flexibility index (Phi) is 5.25. The first-order chi connectivity index (χ1) is 9.38. The van der Waals surface area contributed by atoms with E-state index in [1.54, 1.807) is 24.7 Å². The average molecular weight is 258 g/mol. The predicted octanol–water partition coefficient (Wildman–Crippen LogP) is 1.95. The molecule has 100 valence electrons. The molecule has 5 nitrogen and oxygen atoms in total. The molecular weight excluding hydrogens is 240 g/mol. The minimum Gasteiger partial charge on any atom is -0.484 e. The van der Waals surface area contributed by atoms with Gasteiger partial charge in [0.25, 0.3) is 0 Å². The summed E-state index contributed by atoms with van der Waals surface area (Å²) in [5, 5.41) is 3.31. The van der Waals surface area contributed by atoms with Crippen LogP contribution < -0.4 is 10.1 Å².